The van der Waals surface area contributed by atoms with E-state index in [1.807, 2.05) is 0 Å². The second kappa shape index (κ2) is 6.83. The van der Waals surface area contributed by atoms with Crippen molar-refractivity contribution in [1.82, 2.24) is 0 Å². The van der Waals surface area contributed by atoms with E-state index in [1.54, 1.807) is 0 Å². The zero-order valence-corrected chi connectivity index (χ0v) is 11.9. The Balaban J connectivity index is 3.80. The van der Waals surface area contributed by atoms with Crippen molar-refractivity contribution < 1.29 is 0 Å². The van der Waals surface area contributed by atoms with Gasteiger partial charge in [0.1, 0.15) is 0 Å². The summed E-state index contributed by atoms with van der Waals surface area (Å²) in [6.07, 6.45) is 6.86. The van der Waals surface area contributed by atoms with Gasteiger partial charge in [0, 0.05) is 0 Å². The van der Waals surface area contributed by atoms with E-state index in [9.17, 15) is 0 Å². The third-order valence-electron chi connectivity index (χ3n) is 3.16. The van der Waals surface area contributed by atoms with Crippen LogP contribution in [0.25, 0.3) is 0 Å². The summed E-state index contributed by atoms with van der Waals surface area (Å²) >= 11 is 0. The molecule has 0 N–H and O–H groups in total. The maximum atomic E-state index is 2.98. The zero-order chi connectivity index (χ0) is 11.2. The van der Waals surface area contributed by atoms with Crippen molar-refractivity contribution in [1.29, 1.82) is 0 Å². The molecule has 0 radical (unpaired) electrons. The first-order chi connectivity index (χ1) is 6.39. The molecule has 0 aliphatic heterocycles. The van der Waals surface area contributed by atoms with Gasteiger partial charge in [-0.25, -0.2) is 0 Å². The third-order valence-corrected chi connectivity index (χ3v) is 3.39. The molecule has 0 saturated carbocycles. The Kier molecular flexibility index (Phi) is 7.04. The smallest absolute Gasteiger partial charge is 0.0204 e. The van der Waals surface area contributed by atoms with Gasteiger partial charge in [-0.2, -0.15) is 0 Å². The van der Waals surface area contributed by atoms with Crippen LogP contribution in [0.3, 0.4) is 0 Å². The quantitative estimate of drug-likeness (QED) is 0.532. The van der Waals surface area contributed by atoms with Gasteiger partial charge in [-0.15, -0.1) is 9.24 Å². The highest BCUT2D eigenvalue weighted by molar-refractivity contribution is 7.18. The fourth-order valence-electron chi connectivity index (χ4n) is 1.92. The van der Waals surface area contributed by atoms with E-state index in [0.717, 1.165) is 11.8 Å². The lowest BCUT2D eigenvalue weighted by molar-refractivity contribution is 0.352. The molecule has 3 unspecified atom stereocenters. The first-order valence-corrected chi connectivity index (χ1v) is 6.75. The average Bonchev–Trinajstić information content (AvgIpc) is 2.09. The second-order valence-electron chi connectivity index (χ2n) is 5.56. The van der Waals surface area contributed by atoms with Crippen molar-refractivity contribution in [3.8, 4) is 0 Å². The highest BCUT2D eigenvalue weighted by atomic mass is 31.0. The molecule has 0 rings (SSSR count). The minimum Gasteiger partial charge on any atom is -0.132 e. The predicted octanol–water partition coefficient (Wildman–Crippen LogP) is 4.88. The van der Waals surface area contributed by atoms with Crippen molar-refractivity contribution >= 4 is 9.24 Å². The molecule has 0 aromatic heterocycles. The minimum absolute atomic E-state index is 0.427. The Hall–Kier alpha value is 0.430. The molecule has 0 heterocycles. The van der Waals surface area contributed by atoms with E-state index in [1.165, 1.54) is 32.1 Å². The van der Waals surface area contributed by atoms with E-state index in [0.29, 0.717) is 5.16 Å². The lowest BCUT2D eigenvalue weighted by Crippen LogP contribution is -2.16. The first kappa shape index (κ1) is 14.4. The number of rotatable bonds is 7. The second-order valence-corrected chi connectivity index (χ2v) is 7.12. The maximum Gasteiger partial charge on any atom is -0.0204 e. The van der Waals surface area contributed by atoms with Crippen LogP contribution in [-0.4, -0.2) is 5.16 Å². The SMILES string of the molecule is CCC(C)CCC(CC)CC(C)(C)P. The van der Waals surface area contributed by atoms with Gasteiger partial charge in [0.05, 0.1) is 0 Å². The fraction of sp³-hybridized carbons (Fsp3) is 1.00. The summed E-state index contributed by atoms with van der Waals surface area (Å²) in [5, 5.41) is 0.427. The molecular weight excluding hydrogens is 187 g/mol. The Morgan fingerprint density at radius 2 is 1.64 bits per heavy atom. The van der Waals surface area contributed by atoms with E-state index >= 15 is 0 Å². The van der Waals surface area contributed by atoms with E-state index < -0.39 is 0 Å². The number of hydrogen-bond donors (Lipinski definition) is 0. The molecule has 0 fully saturated rings. The summed E-state index contributed by atoms with van der Waals surface area (Å²) in [5.41, 5.74) is 0. The lowest BCUT2D eigenvalue weighted by Gasteiger charge is -2.25. The summed E-state index contributed by atoms with van der Waals surface area (Å²) in [6.45, 7) is 11.6. The lowest BCUT2D eigenvalue weighted by atomic mass is 9.87. The van der Waals surface area contributed by atoms with Crippen molar-refractivity contribution in [2.45, 2.75) is 71.9 Å². The van der Waals surface area contributed by atoms with E-state index in [2.05, 4.69) is 43.9 Å². The Labute approximate surface area is 93.4 Å². The van der Waals surface area contributed by atoms with Crippen molar-refractivity contribution in [2.24, 2.45) is 11.8 Å². The van der Waals surface area contributed by atoms with Crippen LogP contribution in [0.5, 0.6) is 0 Å². The van der Waals surface area contributed by atoms with Gasteiger partial charge in [-0.05, 0) is 23.4 Å². The fourth-order valence-corrected chi connectivity index (χ4v) is 2.25. The molecule has 0 aliphatic rings. The zero-order valence-electron chi connectivity index (χ0n) is 10.8. The molecule has 0 spiro atoms. The van der Waals surface area contributed by atoms with Gasteiger partial charge in [-0.3, -0.25) is 0 Å². The minimum atomic E-state index is 0.427. The molecule has 14 heavy (non-hydrogen) atoms. The Morgan fingerprint density at radius 1 is 1.07 bits per heavy atom. The molecule has 0 aromatic rings. The van der Waals surface area contributed by atoms with Gasteiger partial charge in [0.2, 0.25) is 0 Å². The molecule has 3 atom stereocenters. The predicted molar refractivity (Wildman–Crippen MR) is 70.9 cm³/mol. The Morgan fingerprint density at radius 3 is 2.00 bits per heavy atom. The highest BCUT2D eigenvalue weighted by Crippen LogP contribution is 2.30. The van der Waals surface area contributed by atoms with Gasteiger partial charge in [0.25, 0.3) is 0 Å². The van der Waals surface area contributed by atoms with E-state index in [4.69, 9.17) is 0 Å². The van der Waals surface area contributed by atoms with Crippen LogP contribution in [0.15, 0.2) is 0 Å². The largest absolute Gasteiger partial charge is 0.132 e. The molecule has 0 saturated heterocycles. The van der Waals surface area contributed by atoms with Crippen LogP contribution in [0.4, 0.5) is 0 Å². The van der Waals surface area contributed by atoms with Gasteiger partial charge in [-0.1, -0.05) is 60.3 Å². The van der Waals surface area contributed by atoms with Crippen molar-refractivity contribution in [3.63, 3.8) is 0 Å². The summed E-state index contributed by atoms with van der Waals surface area (Å²) in [5.74, 6) is 1.84. The standard InChI is InChI=1S/C13H29P/c1-6-11(3)8-9-12(7-2)10-13(4,5)14/h11-12H,6-10,14H2,1-5H3. The molecular formula is C13H29P. The molecule has 0 nitrogen and oxygen atoms in total. The van der Waals surface area contributed by atoms with Crippen molar-refractivity contribution in [2.75, 3.05) is 0 Å². The Bertz CT molecular complexity index is 135. The van der Waals surface area contributed by atoms with Crippen molar-refractivity contribution in [3.05, 3.63) is 0 Å². The molecule has 0 aromatic carbocycles. The monoisotopic (exact) mass is 216 g/mol. The normalized spacial score (nSPS) is 16.7. The maximum absolute atomic E-state index is 2.98. The molecule has 0 aliphatic carbocycles. The number of hydrogen-bond acceptors (Lipinski definition) is 0. The topological polar surface area (TPSA) is 0 Å². The molecule has 86 valence electrons. The van der Waals surface area contributed by atoms with Crippen LogP contribution in [0.1, 0.15) is 66.7 Å². The van der Waals surface area contributed by atoms with Crippen LogP contribution in [-0.2, 0) is 0 Å². The van der Waals surface area contributed by atoms with Crippen LogP contribution in [0, 0.1) is 11.8 Å². The summed E-state index contributed by atoms with van der Waals surface area (Å²) in [4.78, 5) is 0. The van der Waals surface area contributed by atoms with Gasteiger partial charge < -0.3 is 0 Å². The summed E-state index contributed by atoms with van der Waals surface area (Å²) in [7, 11) is 2.98. The van der Waals surface area contributed by atoms with Crippen LogP contribution >= 0.6 is 9.24 Å². The van der Waals surface area contributed by atoms with Gasteiger partial charge >= 0.3 is 0 Å². The van der Waals surface area contributed by atoms with Crippen LogP contribution < -0.4 is 0 Å². The molecule has 0 amide bonds. The average molecular weight is 216 g/mol. The highest BCUT2D eigenvalue weighted by Gasteiger charge is 2.17. The first-order valence-electron chi connectivity index (χ1n) is 6.18. The third kappa shape index (κ3) is 7.80. The summed E-state index contributed by atoms with van der Waals surface area (Å²) < 4.78 is 0. The molecule has 0 bridgehead atoms. The summed E-state index contributed by atoms with van der Waals surface area (Å²) in [6, 6.07) is 0. The molecule has 1 heteroatoms. The van der Waals surface area contributed by atoms with Crippen LogP contribution in [0.2, 0.25) is 0 Å². The van der Waals surface area contributed by atoms with Gasteiger partial charge in [0.15, 0.2) is 0 Å². The van der Waals surface area contributed by atoms with E-state index in [-0.39, 0.29) is 0 Å².